The van der Waals surface area contributed by atoms with Crippen molar-refractivity contribution in [3.05, 3.63) is 64.1 Å². The van der Waals surface area contributed by atoms with Gasteiger partial charge in [-0.3, -0.25) is 0 Å². The van der Waals surface area contributed by atoms with Crippen molar-refractivity contribution in [1.29, 1.82) is 0 Å². The first-order valence-electron chi connectivity index (χ1n) is 5.36. The van der Waals surface area contributed by atoms with Crippen molar-refractivity contribution in [1.82, 2.24) is 0 Å². The van der Waals surface area contributed by atoms with Crippen molar-refractivity contribution < 1.29 is 4.74 Å². The van der Waals surface area contributed by atoms with Crippen LogP contribution in [-0.2, 0) is 0 Å². The van der Waals surface area contributed by atoms with Crippen molar-refractivity contribution in [2.45, 2.75) is 6.04 Å². The number of hydrogen-bond acceptors (Lipinski definition) is 2. The van der Waals surface area contributed by atoms with Gasteiger partial charge in [-0.2, -0.15) is 0 Å². The van der Waals surface area contributed by atoms with E-state index in [2.05, 4.69) is 15.9 Å². The Morgan fingerprint density at radius 3 is 2.59 bits per heavy atom. The summed E-state index contributed by atoms with van der Waals surface area (Å²) in [5.41, 5.74) is 8.36. The van der Waals surface area contributed by atoms with Crippen LogP contribution in [0.5, 0.6) is 5.75 Å². The predicted octanol–water partition coefficient (Wildman–Crippen LogP) is 3.51. The first kappa shape index (κ1) is 12.1. The number of rotatable bonds is 3. The molecule has 0 radical (unpaired) electrons. The van der Waals surface area contributed by atoms with E-state index in [0.29, 0.717) is 0 Å². The van der Waals surface area contributed by atoms with Gasteiger partial charge in [-0.1, -0.05) is 46.3 Å². The number of halogens is 1. The molecule has 0 heterocycles. The summed E-state index contributed by atoms with van der Waals surface area (Å²) in [6, 6.07) is 15.7. The molecule has 0 saturated heterocycles. The van der Waals surface area contributed by atoms with E-state index >= 15 is 0 Å². The quantitative estimate of drug-likeness (QED) is 0.939. The lowest BCUT2D eigenvalue weighted by Crippen LogP contribution is -2.12. The highest BCUT2D eigenvalue weighted by Crippen LogP contribution is 2.28. The molecule has 17 heavy (non-hydrogen) atoms. The first-order valence-corrected chi connectivity index (χ1v) is 6.15. The molecular formula is C14H14BrNO. The Morgan fingerprint density at radius 1 is 1.12 bits per heavy atom. The molecule has 2 N–H and O–H groups in total. The minimum absolute atomic E-state index is 0.152. The molecule has 2 nitrogen and oxygen atoms in total. The molecule has 0 saturated carbocycles. The lowest BCUT2D eigenvalue weighted by molar-refractivity contribution is 0.414. The summed E-state index contributed by atoms with van der Waals surface area (Å²) in [5, 5.41) is 0. The van der Waals surface area contributed by atoms with Gasteiger partial charge in [0.2, 0.25) is 0 Å². The van der Waals surface area contributed by atoms with Crippen molar-refractivity contribution in [3.8, 4) is 5.75 Å². The van der Waals surface area contributed by atoms with Crippen LogP contribution in [0.2, 0.25) is 0 Å². The molecule has 1 unspecified atom stereocenters. The average molecular weight is 292 g/mol. The second-order valence-electron chi connectivity index (χ2n) is 3.78. The van der Waals surface area contributed by atoms with Crippen molar-refractivity contribution in [2.24, 2.45) is 5.73 Å². The summed E-state index contributed by atoms with van der Waals surface area (Å²) in [6.45, 7) is 0. The smallest absolute Gasteiger partial charge is 0.119 e. The van der Waals surface area contributed by atoms with Crippen LogP contribution in [0.1, 0.15) is 17.2 Å². The van der Waals surface area contributed by atoms with Gasteiger partial charge in [-0.25, -0.2) is 0 Å². The maximum atomic E-state index is 6.26. The molecule has 3 heteroatoms. The van der Waals surface area contributed by atoms with Crippen LogP contribution < -0.4 is 10.5 Å². The number of hydrogen-bond donors (Lipinski definition) is 1. The second-order valence-corrected chi connectivity index (χ2v) is 4.63. The molecule has 2 rings (SSSR count). The summed E-state index contributed by atoms with van der Waals surface area (Å²) in [6.07, 6.45) is 0. The van der Waals surface area contributed by atoms with Gasteiger partial charge >= 0.3 is 0 Å². The molecule has 2 aromatic carbocycles. The molecule has 2 aromatic rings. The minimum Gasteiger partial charge on any atom is -0.497 e. The molecular weight excluding hydrogens is 278 g/mol. The molecule has 0 fully saturated rings. The zero-order valence-electron chi connectivity index (χ0n) is 9.56. The highest BCUT2D eigenvalue weighted by Gasteiger charge is 2.12. The van der Waals surface area contributed by atoms with E-state index in [-0.39, 0.29) is 6.04 Å². The lowest BCUT2D eigenvalue weighted by Gasteiger charge is -2.15. The standard InChI is InChI=1S/C14H14BrNO/c1-17-11-6-4-5-10(9-11)14(16)12-7-2-3-8-13(12)15/h2-9,14H,16H2,1H3. The van der Waals surface area contributed by atoms with E-state index in [1.54, 1.807) is 7.11 Å². The number of methoxy groups -OCH3 is 1. The van der Waals surface area contributed by atoms with Crippen LogP contribution in [0.15, 0.2) is 53.0 Å². The van der Waals surface area contributed by atoms with E-state index < -0.39 is 0 Å². The van der Waals surface area contributed by atoms with Crippen LogP contribution in [-0.4, -0.2) is 7.11 Å². The molecule has 0 aliphatic rings. The molecule has 1 atom stereocenters. The van der Waals surface area contributed by atoms with Gasteiger partial charge in [-0.05, 0) is 29.3 Å². The van der Waals surface area contributed by atoms with E-state index in [0.717, 1.165) is 21.3 Å². The van der Waals surface area contributed by atoms with Crippen LogP contribution >= 0.6 is 15.9 Å². The van der Waals surface area contributed by atoms with Gasteiger partial charge < -0.3 is 10.5 Å². The second kappa shape index (κ2) is 5.34. The van der Waals surface area contributed by atoms with Gasteiger partial charge in [0, 0.05) is 4.47 Å². The molecule has 0 aromatic heterocycles. The van der Waals surface area contributed by atoms with Gasteiger partial charge in [0.05, 0.1) is 13.2 Å². The van der Waals surface area contributed by atoms with E-state index in [1.165, 1.54) is 0 Å². The molecule has 0 aliphatic heterocycles. The van der Waals surface area contributed by atoms with Crippen molar-refractivity contribution in [2.75, 3.05) is 7.11 Å². The zero-order valence-corrected chi connectivity index (χ0v) is 11.1. The molecule has 0 spiro atoms. The Hall–Kier alpha value is -1.32. The molecule has 88 valence electrons. The summed E-state index contributed by atoms with van der Waals surface area (Å²) in [7, 11) is 1.66. The van der Waals surface area contributed by atoms with E-state index in [1.807, 2.05) is 48.5 Å². The highest BCUT2D eigenvalue weighted by atomic mass is 79.9. The maximum Gasteiger partial charge on any atom is 0.119 e. The third-order valence-electron chi connectivity index (χ3n) is 2.69. The fourth-order valence-electron chi connectivity index (χ4n) is 1.74. The van der Waals surface area contributed by atoms with Crippen LogP contribution in [0.3, 0.4) is 0 Å². The van der Waals surface area contributed by atoms with Crippen molar-refractivity contribution in [3.63, 3.8) is 0 Å². The normalized spacial score (nSPS) is 12.2. The Balaban J connectivity index is 2.37. The number of benzene rings is 2. The SMILES string of the molecule is COc1cccc(C(N)c2ccccc2Br)c1. The van der Waals surface area contributed by atoms with Crippen LogP contribution in [0.25, 0.3) is 0 Å². The van der Waals surface area contributed by atoms with E-state index in [4.69, 9.17) is 10.5 Å². The Morgan fingerprint density at radius 2 is 1.88 bits per heavy atom. The summed E-state index contributed by atoms with van der Waals surface area (Å²) in [5.74, 6) is 0.824. The van der Waals surface area contributed by atoms with Gasteiger partial charge in [0.15, 0.2) is 0 Å². The Kier molecular flexibility index (Phi) is 3.82. The fourth-order valence-corrected chi connectivity index (χ4v) is 2.27. The predicted molar refractivity (Wildman–Crippen MR) is 73.2 cm³/mol. The fraction of sp³-hybridized carbons (Fsp3) is 0.143. The van der Waals surface area contributed by atoms with Gasteiger partial charge in [-0.15, -0.1) is 0 Å². The number of nitrogens with two attached hydrogens (primary N) is 1. The topological polar surface area (TPSA) is 35.2 Å². The average Bonchev–Trinajstić information content (AvgIpc) is 2.38. The number of ether oxygens (including phenoxy) is 1. The van der Waals surface area contributed by atoms with Gasteiger partial charge in [0.1, 0.15) is 5.75 Å². The monoisotopic (exact) mass is 291 g/mol. The Bertz CT molecular complexity index is 513. The third-order valence-corrected chi connectivity index (χ3v) is 3.42. The molecule has 0 aliphatic carbocycles. The third kappa shape index (κ3) is 2.68. The van der Waals surface area contributed by atoms with Crippen LogP contribution in [0, 0.1) is 0 Å². The van der Waals surface area contributed by atoms with Crippen molar-refractivity contribution >= 4 is 15.9 Å². The first-order chi connectivity index (χ1) is 8.22. The maximum absolute atomic E-state index is 6.26. The largest absolute Gasteiger partial charge is 0.497 e. The lowest BCUT2D eigenvalue weighted by atomic mass is 9.99. The van der Waals surface area contributed by atoms with Gasteiger partial charge in [0.25, 0.3) is 0 Å². The minimum atomic E-state index is -0.152. The zero-order chi connectivity index (χ0) is 12.3. The summed E-state index contributed by atoms with van der Waals surface area (Å²) < 4.78 is 6.23. The molecule has 0 amide bonds. The van der Waals surface area contributed by atoms with Crippen LogP contribution in [0.4, 0.5) is 0 Å². The summed E-state index contributed by atoms with van der Waals surface area (Å²) in [4.78, 5) is 0. The Labute approximate surface area is 110 Å². The highest BCUT2D eigenvalue weighted by molar-refractivity contribution is 9.10. The summed E-state index contributed by atoms with van der Waals surface area (Å²) >= 11 is 3.52. The van der Waals surface area contributed by atoms with E-state index in [9.17, 15) is 0 Å². The molecule has 0 bridgehead atoms.